The third-order valence-corrected chi connectivity index (χ3v) is 4.55. The van der Waals surface area contributed by atoms with Crippen LogP contribution in [0.2, 0.25) is 0 Å². The summed E-state index contributed by atoms with van der Waals surface area (Å²) in [5, 5.41) is 0. The molecule has 0 aliphatic rings. The maximum absolute atomic E-state index is 12.1. The first-order chi connectivity index (χ1) is 7.52. The van der Waals surface area contributed by atoms with Crippen molar-refractivity contribution in [1.82, 2.24) is 0 Å². The van der Waals surface area contributed by atoms with E-state index in [4.69, 9.17) is 0 Å². The molecule has 16 heavy (non-hydrogen) atoms. The van der Waals surface area contributed by atoms with Crippen LogP contribution in [0.4, 0.5) is 0 Å². The number of rotatable bonds is 3. The molecule has 0 unspecified atom stereocenters. The van der Waals surface area contributed by atoms with Gasteiger partial charge in [-0.15, -0.1) is 5.73 Å². The fraction of sp³-hybridized carbons (Fsp3) is 0.250. The van der Waals surface area contributed by atoms with Gasteiger partial charge in [-0.1, -0.05) is 22.9 Å². The van der Waals surface area contributed by atoms with E-state index in [9.17, 15) is 8.42 Å². The monoisotopic (exact) mass is 300 g/mol. The summed E-state index contributed by atoms with van der Waals surface area (Å²) in [6.07, 6.45) is 2.07. The molecule has 0 spiro atoms. The van der Waals surface area contributed by atoms with Crippen LogP contribution >= 0.6 is 15.9 Å². The Labute approximate surface area is 105 Å². The average molecular weight is 301 g/mol. The highest BCUT2D eigenvalue weighted by atomic mass is 79.9. The molecule has 0 radical (unpaired) electrons. The van der Waals surface area contributed by atoms with Crippen molar-refractivity contribution in [3.05, 3.63) is 45.5 Å². The first-order valence-electron chi connectivity index (χ1n) is 4.93. The second kappa shape index (κ2) is 5.48. The van der Waals surface area contributed by atoms with Crippen molar-refractivity contribution in [1.29, 1.82) is 0 Å². The molecule has 0 amide bonds. The molecule has 1 rings (SSSR count). The molecule has 0 fully saturated rings. The van der Waals surface area contributed by atoms with E-state index in [-0.39, 0.29) is 0 Å². The highest BCUT2D eigenvalue weighted by Crippen LogP contribution is 2.22. The Bertz CT molecular complexity index is 521. The third kappa shape index (κ3) is 2.85. The molecule has 0 aromatic heterocycles. The Morgan fingerprint density at radius 1 is 1.38 bits per heavy atom. The van der Waals surface area contributed by atoms with Gasteiger partial charge in [-0.05, 0) is 43.7 Å². The molecule has 0 saturated heterocycles. The van der Waals surface area contributed by atoms with E-state index in [0.717, 1.165) is 4.47 Å². The molecule has 0 aliphatic heterocycles. The summed E-state index contributed by atoms with van der Waals surface area (Å²) in [5.41, 5.74) is 2.78. The Kier molecular flexibility index (Phi) is 4.54. The normalized spacial score (nSPS) is 10.7. The highest BCUT2D eigenvalue weighted by molar-refractivity contribution is 9.10. The lowest BCUT2D eigenvalue weighted by molar-refractivity contribution is 0.600. The van der Waals surface area contributed by atoms with E-state index in [1.807, 2.05) is 6.92 Å². The van der Waals surface area contributed by atoms with Gasteiger partial charge in [0.25, 0.3) is 0 Å². The molecule has 0 saturated carbocycles. The van der Waals surface area contributed by atoms with E-state index in [2.05, 4.69) is 21.7 Å². The smallest absolute Gasteiger partial charge is 0.209 e. The van der Waals surface area contributed by atoms with Crippen LogP contribution < -0.4 is 0 Å². The highest BCUT2D eigenvalue weighted by Gasteiger charge is 2.18. The molecular weight excluding hydrogens is 288 g/mol. The molecule has 2 nitrogen and oxygen atoms in total. The van der Waals surface area contributed by atoms with Gasteiger partial charge in [-0.2, -0.15) is 0 Å². The van der Waals surface area contributed by atoms with Crippen LogP contribution in [0.3, 0.4) is 0 Å². The fourth-order valence-electron chi connectivity index (χ4n) is 1.29. The Balaban J connectivity index is 3.32. The van der Waals surface area contributed by atoms with Gasteiger partial charge >= 0.3 is 0 Å². The SMILES string of the molecule is CC=C=C(CC)S(=O)(=O)c1ccc(Br)cc1. The molecule has 0 bridgehead atoms. The predicted molar refractivity (Wildman–Crippen MR) is 68.9 cm³/mol. The summed E-state index contributed by atoms with van der Waals surface area (Å²) in [7, 11) is -3.38. The second-order valence-electron chi connectivity index (χ2n) is 3.17. The molecule has 0 N–H and O–H groups in total. The lowest BCUT2D eigenvalue weighted by Gasteiger charge is -2.04. The molecular formula is C12H13BrO2S. The fourth-order valence-corrected chi connectivity index (χ4v) is 2.98. The minimum absolute atomic E-state index is 0.307. The summed E-state index contributed by atoms with van der Waals surface area (Å²) in [6.45, 7) is 3.56. The van der Waals surface area contributed by atoms with Gasteiger partial charge in [0.1, 0.15) is 0 Å². The molecule has 0 aliphatic carbocycles. The number of benzene rings is 1. The first kappa shape index (κ1) is 13.2. The lowest BCUT2D eigenvalue weighted by Crippen LogP contribution is -2.03. The number of hydrogen-bond donors (Lipinski definition) is 0. The Hall–Kier alpha value is -0.830. The Morgan fingerprint density at radius 2 is 1.94 bits per heavy atom. The maximum atomic E-state index is 12.1. The van der Waals surface area contributed by atoms with Gasteiger partial charge in [-0.3, -0.25) is 0 Å². The average Bonchev–Trinajstić information content (AvgIpc) is 2.26. The zero-order valence-electron chi connectivity index (χ0n) is 9.20. The van der Waals surface area contributed by atoms with Crippen molar-refractivity contribution in [2.24, 2.45) is 0 Å². The second-order valence-corrected chi connectivity index (χ2v) is 6.05. The van der Waals surface area contributed by atoms with Crippen LogP contribution in [-0.2, 0) is 9.84 Å². The standard InChI is InChI=1S/C12H13BrO2S/c1-3-5-11(4-2)16(14,15)12-8-6-10(13)7-9-12/h3,6-9H,4H2,1-2H3. The number of allylic oxidation sites excluding steroid dienone is 1. The molecule has 4 heteroatoms. The van der Waals surface area contributed by atoms with Gasteiger partial charge < -0.3 is 0 Å². The minimum Gasteiger partial charge on any atom is -0.218 e. The van der Waals surface area contributed by atoms with Crippen LogP contribution in [0, 0.1) is 0 Å². The van der Waals surface area contributed by atoms with E-state index in [1.165, 1.54) is 0 Å². The lowest BCUT2D eigenvalue weighted by atomic mass is 10.4. The summed E-state index contributed by atoms with van der Waals surface area (Å²) in [5.74, 6) is 0. The molecule has 1 aromatic rings. The molecule has 0 atom stereocenters. The van der Waals surface area contributed by atoms with Crippen LogP contribution in [0.15, 0.2) is 50.3 Å². The third-order valence-electron chi connectivity index (χ3n) is 2.07. The predicted octanol–water partition coefficient (Wildman–Crippen LogP) is 3.69. The van der Waals surface area contributed by atoms with Crippen molar-refractivity contribution in [2.45, 2.75) is 25.2 Å². The minimum atomic E-state index is -3.38. The van der Waals surface area contributed by atoms with Crippen molar-refractivity contribution >= 4 is 25.8 Å². The summed E-state index contributed by atoms with van der Waals surface area (Å²) >= 11 is 3.27. The molecule has 86 valence electrons. The van der Waals surface area contributed by atoms with Crippen LogP contribution in [0.1, 0.15) is 20.3 Å². The van der Waals surface area contributed by atoms with Gasteiger partial charge in [0.05, 0.1) is 9.80 Å². The zero-order chi connectivity index (χ0) is 12.2. The number of sulfone groups is 1. The zero-order valence-corrected chi connectivity index (χ0v) is 11.6. The van der Waals surface area contributed by atoms with Crippen LogP contribution in [0.25, 0.3) is 0 Å². The van der Waals surface area contributed by atoms with E-state index >= 15 is 0 Å². The van der Waals surface area contributed by atoms with Crippen LogP contribution in [0.5, 0.6) is 0 Å². The van der Waals surface area contributed by atoms with Crippen LogP contribution in [-0.4, -0.2) is 8.42 Å². The van der Waals surface area contributed by atoms with Gasteiger partial charge in [-0.25, -0.2) is 8.42 Å². The topological polar surface area (TPSA) is 34.1 Å². The van der Waals surface area contributed by atoms with E-state index < -0.39 is 9.84 Å². The largest absolute Gasteiger partial charge is 0.218 e. The summed E-state index contributed by atoms with van der Waals surface area (Å²) in [4.78, 5) is 0.624. The van der Waals surface area contributed by atoms with Gasteiger partial charge in [0, 0.05) is 4.47 Å². The van der Waals surface area contributed by atoms with E-state index in [1.54, 1.807) is 37.3 Å². The van der Waals surface area contributed by atoms with Crippen molar-refractivity contribution in [3.63, 3.8) is 0 Å². The van der Waals surface area contributed by atoms with Crippen molar-refractivity contribution in [3.8, 4) is 0 Å². The molecule has 0 heterocycles. The number of hydrogen-bond acceptors (Lipinski definition) is 2. The van der Waals surface area contributed by atoms with Gasteiger partial charge in [0.15, 0.2) is 0 Å². The quantitative estimate of drug-likeness (QED) is 0.798. The molecule has 1 aromatic carbocycles. The Morgan fingerprint density at radius 3 is 2.38 bits per heavy atom. The maximum Gasteiger partial charge on any atom is 0.209 e. The van der Waals surface area contributed by atoms with Gasteiger partial charge in [0.2, 0.25) is 9.84 Å². The number of halogens is 1. The van der Waals surface area contributed by atoms with E-state index in [0.29, 0.717) is 16.2 Å². The van der Waals surface area contributed by atoms with Crippen molar-refractivity contribution in [2.75, 3.05) is 0 Å². The first-order valence-corrected chi connectivity index (χ1v) is 7.20. The summed E-state index contributed by atoms with van der Waals surface area (Å²) < 4.78 is 25.1. The van der Waals surface area contributed by atoms with Crippen molar-refractivity contribution < 1.29 is 8.42 Å². The summed E-state index contributed by atoms with van der Waals surface area (Å²) in [6, 6.07) is 6.62.